The van der Waals surface area contributed by atoms with Crippen molar-refractivity contribution >= 4 is 0 Å². The van der Waals surface area contributed by atoms with Crippen molar-refractivity contribution in [2.75, 3.05) is 13.1 Å². The lowest BCUT2D eigenvalue weighted by atomic mass is 10.0. The molecule has 128 valence electrons. The molecular weight excluding hydrogens is 302 g/mol. The first-order valence-corrected chi connectivity index (χ1v) is 8.73. The van der Waals surface area contributed by atoms with Gasteiger partial charge in [0, 0.05) is 12.8 Å². The molecule has 24 heavy (non-hydrogen) atoms. The van der Waals surface area contributed by atoms with E-state index in [1.54, 1.807) is 0 Å². The molecule has 0 fully saturated rings. The first-order valence-electron chi connectivity index (χ1n) is 8.73. The predicted octanol–water partition coefficient (Wildman–Crippen LogP) is 0.381. The number of H-pyrrole nitrogens is 1. The molecule has 2 aromatic rings. The second kappa shape index (κ2) is 7.28. The Morgan fingerprint density at radius 3 is 3.00 bits per heavy atom. The largest absolute Gasteiger partial charge is 0.387 e. The van der Waals surface area contributed by atoms with E-state index in [4.69, 9.17) is 4.98 Å². The van der Waals surface area contributed by atoms with Crippen molar-refractivity contribution in [3.63, 3.8) is 0 Å². The highest BCUT2D eigenvalue weighted by atomic mass is 16.3. The van der Waals surface area contributed by atoms with Crippen LogP contribution in [0.3, 0.4) is 0 Å². The molecule has 0 bridgehead atoms. The molecular formula is C19H26N3O2+. The van der Waals surface area contributed by atoms with Crippen molar-refractivity contribution in [3.05, 3.63) is 62.8 Å². The number of hydrogen-bond donors (Lipinski definition) is 3. The fourth-order valence-corrected chi connectivity index (χ4v) is 3.37. The molecule has 0 saturated heterocycles. The van der Waals surface area contributed by atoms with Crippen LogP contribution in [-0.2, 0) is 19.4 Å². The van der Waals surface area contributed by atoms with E-state index in [2.05, 4.69) is 30.1 Å². The van der Waals surface area contributed by atoms with E-state index in [0.717, 1.165) is 42.0 Å². The van der Waals surface area contributed by atoms with Gasteiger partial charge in [0.15, 0.2) is 0 Å². The summed E-state index contributed by atoms with van der Waals surface area (Å²) in [7, 11) is 0. The molecule has 5 heteroatoms. The van der Waals surface area contributed by atoms with Gasteiger partial charge in [-0.25, -0.2) is 4.98 Å². The van der Waals surface area contributed by atoms with Crippen LogP contribution < -0.4 is 10.5 Å². The summed E-state index contributed by atoms with van der Waals surface area (Å²) in [6.07, 6.45) is 1.90. The van der Waals surface area contributed by atoms with Gasteiger partial charge in [0.25, 0.3) is 5.56 Å². The van der Waals surface area contributed by atoms with Gasteiger partial charge in [-0.05, 0) is 18.9 Å². The molecule has 3 rings (SSSR count). The van der Waals surface area contributed by atoms with E-state index in [1.807, 2.05) is 13.0 Å². The fraction of sp³-hybridized carbons (Fsp3) is 0.474. The smallest absolute Gasteiger partial charge is 0.260 e. The van der Waals surface area contributed by atoms with Crippen LogP contribution in [0.4, 0.5) is 0 Å². The zero-order chi connectivity index (χ0) is 17.1. The minimum Gasteiger partial charge on any atom is -0.387 e. The highest BCUT2D eigenvalue weighted by molar-refractivity contribution is 5.26. The van der Waals surface area contributed by atoms with Gasteiger partial charge in [0.05, 0.1) is 17.8 Å². The molecule has 1 aromatic heterocycles. The molecule has 3 N–H and O–H groups in total. The van der Waals surface area contributed by atoms with Crippen LogP contribution in [-0.4, -0.2) is 34.3 Å². The minimum atomic E-state index is -0.297. The lowest BCUT2D eigenvalue weighted by Gasteiger charge is -2.26. The van der Waals surface area contributed by atoms with Crippen LogP contribution in [0.1, 0.15) is 41.6 Å². The van der Waals surface area contributed by atoms with Crippen molar-refractivity contribution < 1.29 is 10.0 Å². The van der Waals surface area contributed by atoms with E-state index in [0.29, 0.717) is 19.5 Å². The van der Waals surface area contributed by atoms with Crippen molar-refractivity contribution in [2.24, 2.45) is 0 Å². The lowest BCUT2D eigenvalue weighted by molar-refractivity contribution is -0.919. The zero-order valence-corrected chi connectivity index (χ0v) is 14.4. The molecule has 1 aliphatic heterocycles. The van der Waals surface area contributed by atoms with Gasteiger partial charge < -0.3 is 15.0 Å². The number of nitrogens with zero attached hydrogens (tertiary/aromatic N) is 1. The Kier molecular flexibility index (Phi) is 5.11. The maximum absolute atomic E-state index is 12.5. The van der Waals surface area contributed by atoms with Gasteiger partial charge in [-0.2, -0.15) is 0 Å². The Hall–Kier alpha value is -1.98. The number of aromatic amines is 1. The van der Waals surface area contributed by atoms with Gasteiger partial charge in [-0.1, -0.05) is 36.8 Å². The van der Waals surface area contributed by atoms with Crippen molar-refractivity contribution in [1.82, 2.24) is 9.97 Å². The van der Waals surface area contributed by atoms with E-state index < -0.39 is 0 Å². The summed E-state index contributed by atoms with van der Waals surface area (Å²) in [5.74, 6) is 0.737. The minimum absolute atomic E-state index is 0.0224. The average Bonchev–Trinajstić information content (AvgIpc) is 2.55. The number of quaternary nitrogens is 1. The van der Waals surface area contributed by atoms with E-state index in [-0.39, 0.29) is 11.7 Å². The van der Waals surface area contributed by atoms with Gasteiger partial charge in [0.1, 0.15) is 25.0 Å². The molecule has 1 aliphatic rings. The Morgan fingerprint density at radius 1 is 1.42 bits per heavy atom. The number of nitrogens with one attached hydrogen (secondary N) is 2. The molecule has 1 unspecified atom stereocenters. The molecule has 0 radical (unpaired) electrons. The third-order valence-corrected chi connectivity index (χ3v) is 4.74. The summed E-state index contributed by atoms with van der Waals surface area (Å²) in [6.45, 7) is 6.31. The van der Waals surface area contributed by atoms with Crippen LogP contribution in [0.5, 0.6) is 0 Å². The van der Waals surface area contributed by atoms with Crippen LogP contribution in [0, 0.1) is 6.92 Å². The number of hydrogen-bond acceptors (Lipinski definition) is 3. The van der Waals surface area contributed by atoms with Crippen molar-refractivity contribution in [1.29, 1.82) is 0 Å². The number of aromatic nitrogens is 2. The third-order valence-electron chi connectivity index (χ3n) is 4.74. The Morgan fingerprint density at radius 2 is 2.25 bits per heavy atom. The highest BCUT2D eigenvalue weighted by Gasteiger charge is 2.25. The zero-order valence-electron chi connectivity index (χ0n) is 14.4. The number of aliphatic hydroxyl groups is 1. The normalized spacial score (nSPS) is 18.2. The van der Waals surface area contributed by atoms with Crippen LogP contribution in [0.25, 0.3) is 0 Å². The maximum atomic E-state index is 12.5. The average molecular weight is 328 g/mol. The van der Waals surface area contributed by atoms with E-state index >= 15 is 0 Å². The Bertz CT molecular complexity index is 769. The molecule has 0 aliphatic carbocycles. The quantitative estimate of drug-likeness (QED) is 0.743. The number of rotatable bonds is 5. The summed E-state index contributed by atoms with van der Waals surface area (Å²) in [6, 6.07) is 8.28. The van der Waals surface area contributed by atoms with Gasteiger partial charge >= 0.3 is 0 Å². The summed E-state index contributed by atoms with van der Waals surface area (Å²) in [5.41, 5.74) is 4.06. The topological polar surface area (TPSA) is 70.4 Å². The molecule has 0 saturated carbocycles. The highest BCUT2D eigenvalue weighted by Crippen LogP contribution is 2.10. The monoisotopic (exact) mass is 328 g/mol. The third kappa shape index (κ3) is 3.91. The lowest BCUT2D eigenvalue weighted by Crippen LogP contribution is -3.13. The fourth-order valence-electron chi connectivity index (χ4n) is 3.37. The SMILES string of the molecule is CC[C@H](O)C[NH+]1CCc2nc(Cc3cccc(C)c3)[nH]c(=O)c2C1. The first kappa shape index (κ1) is 16.9. The predicted molar refractivity (Wildman–Crippen MR) is 93.2 cm³/mol. The van der Waals surface area contributed by atoms with Crippen LogP contribution in [0.2, 0.25) is 0 Å². The summed E-state index contributed by atoms with van der Waals surface area (Å²) >= 11 is 0. The molecule has 0 amide bonds. The second-order valence-corrected chi connectivity index (χ2v) is 6.80. The van der Waals surface area contributed by atoms with E-state index in [9.17, 15) is 9.90 Å². The molecule has 1 aromatic carbocycles. The summed E-state index contributed by atoms with van der Waals surface area (Å²) in [5, 5.41) is 9.84. The number of benzene rings is 1. The second-order valence-electron chi connectivity index (χ2n) is 6.80. The molecule has 5 nitrogen and oxygen atoms in total. The van der Waals surface area contributed by atoms with Gasteiger partial charge in [-0.3, -0.25) is 4.79 Å². The van der Waals surface area contributed by atoms with Crippen LogP contribution >= 0.6 is 0 Å². The standard InChI is InChI=1S/C19H25N3O2/c1-3-15(23)11-22-8-7-17-16(12-22)19(24)21-18(20-17)10-14-6-4-5-13(2)9-14/h4-6,9,15,23H,3,7-8,10-12H2,1-2H3,(H,20,21,24)/p+1/t15-/m0/s1. The number of fused-ring (bicyclic) bond motifs is 1. The van der Waals surface area contributed by atoms with Crippen LogP contribution in [0.15, 0.2) is 29.1 Å². The Balaban J connectivity index is 1.78. The van der Waals surface area contributed by atoms with Gasteiger partial charge in [0.2, 0.25) is 0 Å². The first-order chi connectivity index (χ1) is 11.5. The summed E-state index contributed by atoms with van der Waals surface area (Å²) in [4.78, 5) is 21.4. The summed E-state index contributed by atoms with van der Waals surface area (Å²) < 4.78 is 0. The Labute approximate surface area is 142 Å². The van der Waals surface area contributed by atoms with E-state index in [1.165, 1.54) is 10.5 Å². The van der Waals surface area contributed by atoms with Gasteiger partial charge in [-0.15, -0.1) is 0 Å². The van der Waals surface area contributed by atoms with Crippen molar-refractivity contribution in [3.8, 4) is 0 Å². The maximum Gasteiger partial charge on any atom is 0.260 e. The molecule has 2 heterocycles. The molecule has 0 spiro atoms. The van der Waals surface area contributed by atoms with Crippen molar-refractivity contribution in [2.45, 2.75) is 45.8 Å². The number of aryl methyl sites for hydroxylation is 1. The number of aliphatic hydroxyl groups excluding tert-OH is 1. The molecule has 2 atom stereocenters.